The van der Waals surface area contributed by atoms with Gasteiger partial charge in [0.25, 0.3) is 5.78 Å². The molecule has 1 fully saturated rings. The number of halogens is 1. The minimum atomic E-state index is -0.974. The van der Waals surface area contributed by atoms with E-state index in [1.807, 2.05) is 13.0 Å². The molecule has 1 N–H and O–H groups in total. The molecule has 0 bridgehead atoms. The number of aliphatic hydroxyl groups is 1. The van der Waals surface area contributed by atoms with E-state index in [9.17, 15) is 14.7 Å². The Kier molecular flexibility index (Phi) is 7.79. The van der Waals surface area contributed by atoms with Crippen molar-refractivity contribution in [3.05, 3.63) is 81.9 Å². The predicted molar refractivity (Wildman–Crippen MR) is 168 cm³/mol. The molecule has 1 saturated heterocycles. The van der Waals surface area contributed by atoms with Gasteiger partial charge in [-0.15, -0.1) is 0 Å². The van der Waals surface area contributed by atoms with E-state index in [4.69, 9.17) is 25.8 Å². The Labute approximate surface area is 258 Å². The molecular formula is C33H31ClN2O6S. The van der Waals surface area contributed by atoms with E-state index in [-0.39, 0.29) is 17.4 Å². The van der Waals surface area contributed by atoms with Crippen LogP contribution in [0.1, 0.15) is 49.9 Å². The number of carbonyl (C=O) groups excluding carboxylic acids is 2. The molecule has 2 aliphatic heterocycles. The van der Waals surface area contributed by atoms with Crippen LogP contribution in [-0.2, 0) is 16.0 Å². The molecule has 43 heavy (non-hydrogen) atoms. The maximum absolute atomic E-state index is 13.7. The Morgan fingerprint density at radius 1 is 1.14 bits per heavy atom. The Morgan fingerprint density at radius 3 is 2.72 bits per heavy atom. The first-order valence-electron chi connectivity index (χ1n) is 14.1. The molecule has 0 radical (unpaired) electrons. The summed E-state index contributed by atoms with van der Waals surface area (Å²) in [6.45, 7) is 6.73. The molecule has 2 unspecified atom stereocenters. The van der Waals surface area contributed by atoms with Gasteiger partial charge >= 0.3 is 5.91 Å². The maximum Gasteiger partial charge on any atom is 0.301 e. The molecule has 0 spiro atoms. The lowest BCUT2D eigenvalue weighted by molar-refractivity contribution is -0.132. The second kappa shape index (κ2) is 11.5. The highest BCUT2D eigenvalue weighted by Gasteiger charge is 2.48. The van der Waals surface area contributed by atoms with Crippen LogP contribution in [0.25, 0.3) is 16.0 Å². The first-order chi connectivity index (χ1) is 20.6. The Hall–Kier alpha value is -4.08. The molecular weight excluding hydrogens is 588 g/mol. The van der Waals surface area contributed by atoms with Crippen LogP contribution in [0.5, 0.6) is 17.2 Å². The van der Waals surface area contributed by atoms with Crippen LogP contribution in [0.15, 0.2) is 60.2 Å². The van der Waals surface area contributed by atoms with Crippen LogP contribution in [-0.4, -0.2) is 41.6 Å². The molecule has 3 aromatic carbocycles. The number of Topliss-reactive ketones (excluding diaryl/α,β-unsaturated/α-hetero) is 1. The highest BCUT2D eigenvalue weighted by molar-refractivity contribution is 7.22. The number of aliphatic hydroxyl groups excluding tert-OH is 1. The lowest BCUT2D eigenvalue weighted by Crippen LogP contribution is -2.29. The van der Waals surface area contributed by atoms with E-state index < -0.39 is 17.7 Å². The van der Waals surface area contributed by atoms with Gasteiger partial charge in [-0.25, -0.2) is 4.98 Å². The van der Waals surface area contributed by atoms with Gasteiger partial charge in [0, 0.05) is 17.0 Å². The van der Waals surface area contributed by atoms with Crippen LogP contribution in [0.4, 0.5) is 5.13 Å². The number of benzene rings is 3. The fraction of sp³-hybridized carbons (Fsp3) is 0.303. The number of nitrogens with zero attached hydrogens (tertiary/aromatic N) is 2. The zero-order chi connectivity index (χ0) is 30.4. The van der Waals surface area contributed by atoms with Crippen LogP contribution in [0.2, 0.25) is 5.02 Å². The number of methoxy groups -OCH3 is 1. The summed E-state index contributed by atoms with van der Waals surface area (Å²) < 4.78 is 18.2. The minimum Gasteiger partial charge on any atom is -0.507 e. The Balaban J connectivity index is 1.49. The molecule has 10 heteroatoms. The Bertz CT molecular complexity index is 1780. The standard InChI is InChI=1S/C33H31ClN2O6S/c1-17(2)11-12-41-25-10-5-19(15-26(25)40-4)29-28(30(37)20-6-9-24-21(14-20)13-18(3)42-24)31(38)32(39)36(29)33-35-23-8-7-22(34)16-27(23)43-33/h5-10,14-18,29,37H,11-13H2,1-4H3/b30-28+. The number of hydrogen-bond acceptors (Lipinski definition) is 8. The van der Waals surface area contributed by atoms with E-state index in [0.29, 0.717) is 57.2 Å². The number of fused-ring (bicyclic) bond motifs is 2. The van der Waals surface area contributed by atoms with Crippen molar-refractivity contribution >= 4 is 55.7 Å². The molecule has 6 rings (SSSR count). The van der Waals surface area contributed by atoms with Gasteiger partial charge in [0.15, 0.2) is 16.6 Å². The number of rotatable bonds is 8. The van der Waals surface area contributed by atoms with Crippen molar-refractivity contribution in [1.82, 2.24) is 4.98 Å². The Morgan fingerprint density at radius 2 is 1.95 bits per heavy atom. The first kappa shape index (κ1) is 29.0. The van der Waals surface area contributed by atoms with Crippen molar-refractivity contribution in [3.63, 3.8) is 0 Å². The smallest absolute Gasteiger partial charge is 0.301 e. The summed E-state index contributed by atoms with van der Waals surface area (Å²) in [5.41, 5.74) is 2.52. The van der Waals surface area contributed by atoms with Gasteiger partial charge in [-0.2, -0.15) is 0 Å². The molecule has 2 atom stereocenters. The van der Waals surface area contributed by atoms with Crippen molar-refractivity contribution < 1.29 is 28.9 Å². The summed E-state index contributed by atoms with van der Waals surface area (Å²) in [5.74, 6) is 0.355. The number of amides is 1. The lowest BCUT2D eigenvalue weighted by Gasteiger charge is -2.24. The van der Waals surface area contributed by atoms with Gasteiger partial charge in [-0.3, -0.25) is 14.5 Å². The molecule has 1 aromatic heterocycles. The zero-order valence-corrected chi connectivity index (χ0v) is 25.8. The van der Waals surface area contributed by atoms with E-state index in [1.54, 1.807) is 48.5 Å². The summed E-state index contributed by atoms with van der Waals surface area (Å²) in [7, 11) is 1.54. The summed E-state index contributed by atoms with van der Waals surface area (Å²) in [6.07, 6.45) is 1.56. The average Bonchev–Trinajstić information content (AvgIpc) is 3.64. The van der Waals surface area contributed by atoms with Crippen molar-refractivity contribution in [2.45, 2.75) is 45.8 Å². The van der Waals surface area contributed by atoms with Crippen molar-refractivity contribution in [2.75, 3.05) is 18.6 Å². The monoisotopic (exact) mass is 618 g/mol. The van der Waals surface area contributed by atoms with Crippen molar-refractivity contribution in [3.8, 4) is 17.2 Å². The highest BCUT2D eigenvalue weighted by atomic mass is 35.5. The summed E-state index contributed by atoms with van der Waals surface area (Å²) in [6, 6.07) is 14.9. The quantitative estimate of drug-likeness (QED) is 0.125. The largest absolute Gasteiger partial charge is 0.507 e. The second-order valence-electron chi connectivity index (χ2n) is 11.2. The number of ketones is 1. The first-order valence-corrected chi connectivity index (χ1v) is 15.3. The third kappa shape index (κ3) is 5.43. The van der Waals surface area contributed by atoms with Gasteiger partial charge in [-0.1, -0.05) is 42.9 Å². The fourth-order valence-corrected chi connectivity index (χ4v) is 6.71. The molecule has 0 aliphatic carbocycles. The minimum absolute atomic E-state index is 0.0132. The molecule has 4 aromatic rings. The topological polar surface area (TPSA) is 98.2 Å². The number of ether oxygens (including phenoxy) is 3. The van der Waals surface area contributed by atoms with E-state index in [0.717, 1.165) is 22.4 Å². The molecule has 222 valence electrons. The highest BCUT2D eigenvalue weighted by Crippen LogP contribution is 2.46. The second-order valence-corrected chi connectivity index (χ2v) is 12.6. The lowest BCUT2D eigenvalue weighted by atomic mass is 9.94. The molecule has 2 aliphatic rings. The van der Waals surface area contributed by atoms with Crippen molar-refractivity contribution in [1.29, 1.82) is 0 Å². The van der Waals surface area contributed by atoms with E-state index >= 15 is 0 Å². The third-order valence-electron chi connectivity index (χ3n) is 7.62. The number of carbonyl (C=O) groups is 2. The van der Waals surface area contributed by atoms with Crippen LogP contribution in [0.3, 0.4) is 0 Å². The number of aromatic nitrogens is 1. The molecule has 1 amide bonds. The van der Waals surface area contributed by atoms with E-state index in [2.05, 4.69) is 18.8 Å². The summed E-state index contributed by atoms with van der Waals surface area (Å²) in [5, 5.41) is 12.5. The SMILES string of the molecule is COc1cc(C2/C(=C(\O)c3ccc4c(c3)CC(C)O4)C(=O)C(=O)N2c2nc3ccc(Cl)cc3s2)ccc1OCCC(C)C. The molecule has 0 saturated carbocycles. The van der Waals surface area contributed by atoms with Crippen molar-refractivity contribution in [2.24, 2.45) is 5.92 Å². The average molecular weight is 619 g/mol. The summed E-state index contributed by atoms with van der Waals surface area (Å²) in [4.78, 5) is 33.5. The van der Waals surface area contributed by atoms with Gasteiger partial charge in [0.1, 0.15) is 17.6 Å². The van der Waals surface area contributed by atoms with Gasteiger partial charge < -0.3 is 19.3 Å². The number of thiazole rings is 1. The zero-order valence-electron chi connectivity index (χ0n) is 24.2. The predicted octanol–water partition coefficient (Wildman–Crippen LogP) is 7.33. The maximum atomic E-state index is 13.7. The molecule has 3 heterocycles. The third-order valence-corrected chi connectivity index (χ3v) is 8.87. The fourth-order valence-electron chi connectivity index (χ4n) is 5.44. The van der Waals surface area contributed by atoms with Crippen LogP contribution < -0.4 is 19.1 Å². The van der Waals surface area contributed by atoms with Gasteiger partial charge in [0.2, 0.25) is 0 Å². The van der Waals surface area contributed by atoms with Crippen LogP contribution in [0, 0.1) is 5.92 Å². The van der Waals surface area contributed by atoms with Crippen LogP contribution >= 0.6 is 22.9 Å². The normalized spacial score (nSPS) is 19.3. The molecule has 8 nitrogen and oxygen atoms in total. The number of hydrogen-bond donors (Lipinski definition) is 1. The van der Waals surface area contributed by atoms with E-state index in [1.165, 1.54) is 23.3 Å². The number of anilines is 1. The summed E-state index contributed by atoms with van der Waals surface area (Å²) >= 11 is 7.46. The van der Waals surface area contributed by atoms with Gasteiger partial charge in [-0.05, 0) is 78.9 Å². The van der Waals surface area contributed by atoms with Gasteiger partial charge in [0.05, 0.1) is 35.5 Å².